The molecule has 6 atom stereocenters. The third-order valence-corrected chi connectivity index (χ3v) is 6.65. The molecule has 0 radical (unpaired) electrons. The summed E-state index contributed by atoms with van der Waals surface area (Å²) < 4.78 is 81.9. The molecule has 5 aliphatic carbocycles. The van der Waals surface area contributed by atoms with Gasteiger partial charge in [-0.2, -0.15) is 26.3 Å². The van der Waals surface area contributed by atoms with Crippen LogP contribution in [0.5, 0.6) is 0 Å². The normalized spacial score (nSPS) is 46.6. The standard InChI is InChI=1S/C15H12F6O2/c1-4(22)9-11(14(16,17)18)8-6-3-7-10(8)13(7,15(19,20)21)12(6,9)5(2)23/h6-8,10H,3H2,1-2H3/t6-,7+,8?,10?,12?,13?/m0/s1. The van der Waals surface area contributed by atoms with E-state index < -0.39 is 69.6 Å². The second-order valence-electron chi connectivity index (χ2n) is 7.07. The summed E-state index contributed by atoms with van der Waals surface area (Å²) in [7, 11) is 0. The predicted molar refractivity (Wildman–Crippen MR) is 63.9 cm³/mol. The van der Waals surface area contributed by atoms with Gasteiger partial charge in [-0.05, 0) is 43.9 Å². The molecule has 0 saturated heterocycles. The van der Waals surface area contributed by atoms with Gasteiger partial charge < -0.3 is 0 Å². The number of allylic oxidation sites excluding steroid dienone is 2. The Labute approximate surface area is 126 Å². The third kappa shape index (κ3) is 1.16. The number of alkyl halides is 6. The van der Waals surface area contributed by atoms with Crippen molar-refractivity contribution in [3.63, 3.8) is 0 Å². The lowest BCUT2D eigenvalue weighted by Gasteiger charge is -2.38. The van der Waals surface area contributed by atoms with E-state index in [1.54, 1.807) is 0 Å². The van der Waals surface area contributed by atoms with Crippen molar-refractivity contribution in [3.8, 4) is 0 Å². The molecule has 4 unspecified atom stereocenters. The molecule has 6 bridgehead atoms. The molecule has 0 aromatic rings. The van der Waals surface area contributed by atoms with Gasteiger partial charge in [-0.25, -0.2) is 0 Å². The monoisotopic (exact) mass is 338 g/mol. The summed E-state index contributed by atoms with van der Waals surface area (Å²) in [4.78, 5) is 24.2. The van der Waals surface area contributed by atoms with Crippen molar-refractivity contribution in [2.24, 2.45) is 34.5 Å². The van der Waals surface area contributed by atoms with Gasteiger partial charge in [0, 0.05) is 11.1 Å². The Kier molecular flexibility index (Phi) is 2.32. The van der Waals surface area contributed by atoms with Crippen molar-refractivity contribution in [2.45, 2.75) is 32.6 Å². The molecule has 23 heavy (non-hydrogen) atoms. The van der Waals surface area contributed by atoms with Crippen molar-refractivity contribution in [3.05, 3.63) is 11.1 Å². The number of hydrogen-bond acceptors (Lipinski definition) is 2. The average molecular weight is 338 g/mol. The Bertz CT molecular complexity index is 702. The average Bonchev–Trinajstić information content (AvgIpc) is 2.68. The molecule has 0 aromatic heterocycles. The Balaban J connectivity index is 2.09. The van der Waals surface area contributed by atoms with Gasteiger partial charge >= 0.3 is 12.4 Å². The minimum Gasteiger partial charge on any atom is -0.299 e. The molecule has 0 amide bonds. The maximum Gasteiger partial charge on any atom is 0.413 e. The minimum absolute atomic E-state index is 0.0647. The van der Waals surface area contributed by atoms with Gasteiger partial charge in [-0.3, -0.25) is 9.59 Å². The number of Topliss-reactive ketones (excluding diaryl/α,β-unsaturated/α-hetero) is 2. The fourth-order valence-electron chi connectivity index (χ4n) is 6.63. The highest BCUT2D eigenvalue weighted by atomic mass is 19.4. The summed E-state index contributed by atoms with van der Waals surface area (Å²) in [6.45, 7) is 1.72. The van der Waals surface area contributed by atoms with E-state index in [-0.39, 0.29) is 6.42 Å². The van der Waals surface area contributed by atoms with Crippen molar-refractivity contribution in [1.29, 1.82) is 0 Å². The molecule has 0 heterocycles. The Morgan fingerprint density at radius 3 is 2.00 bits per heavy atom. The van der Waals surface area contributed by atoms with Gasteiger partial charge in [-0.15, -0.1) is 0 Å². The zero-order chi connectivity index (χ0) is 17.3. The summed E-state index contributed by atoms with van der Waals surface area (Å²) in [6.07, 6.45) is -9.75. The van der Waals surface area contributed by atoms with E-state index >= 15 is 0 Å². The molecule has 126 valence electrons. The quantitative estimate of drug-likeness (QED) is 0.723. The summed E-state index contributed by atoms with van der Waals surface area (Å²) in [5, 5.41) is 0. The first-order valence-electron chi connectivity index (χ1n) is 7.26. The van der Waals surface area contributed by atoms with Crippen LogP contribution < -0.4 is 0 Å². The van der Waals surface area contributed by atoms with Crippen LogP contribution in [-0.2, 0) is 9.59 Å². The van der Waals surface area contributed by atoms with Crippen LogP contribution in [0.15, 0.2) is 11.1 Å². The van der Waals surface area contributed by atoms with Gasteiger partial charge in [0.1, 0.15) is 5.78 Å². The number of ketones is 2. The summed E-state index contributed by atoms with van der Waals surface area (Å²) in [5.74, 6) is -6.64. The highest BCUT2D eigenvalue weighted by Crippen LogP contribution is 2.97. The summed E-state index contributed by atoms with van der Waals surface area (Å²) in [5.41, 5.74) is -6.88. The fraction of sp³-hybridized carbons (Fsp3) is 0.733. The maximum absolute atomic E-state index is 13.8. The Morgan fingerprint density at radius 2 is 1.61 bits per heavy atom. The van der Waals surface area contributed by atoms with E-state index in [0.29, 0.717) is 0 Å². The minimum atomic E-state index is -4.89. The molecule has 0 aromatic carbocycles. The molecule has 0 aliphatic heterocycles. The van der Waals surface area contributed by atoms with Crippen LogP contribution >= 0.6 is 0 Å². The molecule has 4 saturated carbocycles. The first kappa shape index (κ1) is 15.2. The third-order valence-electron chi connectivity index (χ3n) is 6.65. The molecule has 5 rings (SSSR count). The Morgan fingerprint density at radius 1 is 1.04 bits per heavy atom. The lowest BCUT2D eigenvalue weighted by atomic mass is 9.63. The van der Waals surface area contributed by atoms with Gasteiger partial charge in [0.25, 0.3) is 0 Å². The van der Waals surface area contributed by atoms with Crippen molar-refractivity contribution >= 4 is 11.6 Å². The van der Waals surface area contributed by atoms with Crippen LogP contribution in [0.4, 0.5) is 26.3 Å². The number of rotatable bonds is 2. The first-order valence-corrected chi connectivity index (χ1v) is 7.26. The van der Waals surface area contributed by atoms with Crippen LogP contribution in [0, 0.1) is 34.5 Å². The number of hydrogen-bond donors (Lipinski definition) is 0. The molecule has 8 heteroatoms. The molecular weight excluding hydrogens is 326 g/mol. The zero-order valence-electron chi connectivity index (χ0n) is 12.1. The SMILES string of the molecule is CC(=O)C1=C(C(F)(F)F)C2C3[C@H]4C[C@@H]2C1(C(C)=O)C34C(F)(F)F. The fourth-order valence-corrected chi connectivity index (χ4v) is 6.63. The topological polar surface area (TPSA) is 34.1 Å². The molecule has 5 aliphatic rings. The van der Waals surface area contributed by atoms with Crippen molar-refractivity contribution in [1.82, 2.24) is 0 Å². The van der Waals surface area contributed by atoms with E-state index in [9.17, 15) is 35.9 Å². The van der Waals surface area contributed by atoms with E-state index in [2.05, 4.69) is 0 Å². The molecule has 0 N–H and O–H groups in total. The van der Waals surface area contributed by atoms with E-state index in [1.165, 1.54) is 0 Å². The highest BCUT2D eigenvalue weighted by molar-refractivity contribution is 6.07. The summed E-state index contributed by atoms with van der Waals surface area (Å²) in [6, 6.07) is 0. The smallest absolute Gasteiger partial charge is 0.299 e. The van der Waals surface area contributed by atoms with Crippen molar-refractivity contribution in [2.75, 3.05) is 0 Å². The lowest BCUT2D eigenvalue weighted by Crippen LogP contribution is -2.49. The van der Waals surface area contributed by atoms with Crippen LogP contribution in [0.25, 0.3) is 0 Å². The highest BCUT2D eigenvalue weighted by Gasteiger charge is 3.01. The number of halogens is 6. The van der Waals surface area contributed by atoms with Gasteiger partial charge in [0.15, 0.2) is 5.78 Å². The van der Waals surface area contributed by atoms with Gasteiger partial charge in [0.05, 0.1) is 10.8 Å². The predicted octanol–water partition coefficient (Wildman–Crippen LogP) is 3.47. The van der Waals surface area contributed by atoms with Crippen LogP contribution in [0.3, 0.4) is 0 Å². The maximum atomic E-state index is 13.8. The van der Waals surface area contributed by atoms with Crippen LogP contribution in [0.1, 0.15) is 20.3 Å². The second-order valence-corrected chi connectivity index (χ2v) is 7.07. The Hall–Kier alpha value is -1.34. The molecule has 4 fully saturated rings. The van der Waals surface area contributed by atoms with E-state index in [1.807, 2.05) is 0 Å². The largest absolute Gasteiger partial charge is 0.413 e. The zero-order valence-corrected chi connectivity index (χ0v) is 12.1. The van der Waals surface area contributed by atoms with Crippen LogP contribution in [0.2, 0.25) is 0 Å². The number of carbonyl (C=O) groups is 2. The van der Waals surface area contributed by atoms with E-state index in [0.717, 1.165) is 13.8 Å². The van der Waals surface area contributed by atoms with E-state index in [4.69, 9.17) is 0 Å². The molecule has 0 spiro atoms. The first-order chi connectivity index (χ1) is 10.4. The molecular formula is C15H12F6O2. The van der Waals surface area contributed by atoms with Crippen molar-refractivity contribution < 1.29 is 35.9 Å². The van der Waals surface area contributed by atoms with Crippen LogP contribution in [-0.4, -0.2) is 23.9 Å². The number of carbonyl (C=O) groups excluding carboxylic acids is 2. The second kappa shape index (κ2) is 3.52. The lowest BCUT2D eigenvalue weighted by molar-refractivity contribution is -0.217. The van der Waals surface area contributed by atoms with Gasteiger partial charge in [0.2, 0.25) is 0 Å². The molecule has 2 nitrogen and oxygen atoms in total. The van der Waals surface area contributed by atoms with Gasteiger partial charge in [-0.1, -0.05) is 0 Å². The summed E-state index contributed by atoms with van der Waals surface area (Å²) >= 11 is 0.